The highest BCUT2D eigenvalue weighted by Crippen LogP contribution is 2.67. The number of carbonyl (C=O) groups is 1. The van der Waals surface area contributed by atoms with Crippen molar-refractivity contribution in [3.05, 3.63) is 11.6 Å². The van der Waals surface area contributed by atoms with E-state index in [1.807, 2.05) is 0 Å². The molecule has 0 aromatic rings. The third kappa shape index (κ3) is 6.24. The van der Waals surface area contributed by atoms with Crippen LogP contribution in [0.3, 0.4) is 0 Å². The van der Waals surface area contributed by atoms with Gasteiger partial charge in [-0.1, -0.05) is 53.2 Å². The summed E-state index contributed by atoms with van der Waals surface area (Å²) in [6, 6.07) is 0. The van der Waals surface area contributed by atoms with Crippen LogP contribution in [0.15, 0.2) is 11.6 Å². The van der Waals surface area contributed by atoms with Crippen molar-refractivity contribution in [2.75, 3.05) is 0 Å². The van der Waals surface area contributed by atoms with E-state index >= 15 is 0 Å². The Morgan fingerprint density at radius 3 is 2.30 bits per heavy atom. The number of hydrogen-bond donors (Lipinski definition) is 5. The highest BCUT2D eigenvalue weighted by Gasteiger charge is 2.63. The Labute approximate surface area is 278 Å². The molecule has 268 valence electrons. The Morgan fingerprint density at radius 2 is 1.66 bits per heavy atom. The van der Waals surface area contributed by atoms with Crippen LogP contribution in [0.2, 0.25) is 0 Å². The number of fused-ring (bicyclic) bond motifs is 5. The maximum atomic E-state index is 12.2. The van der Waals surface area contributed by atoms with E-state index in [9.17, 15) is 38.2 Å². The normalized spacial score (nSPS) is 49.3. The third-order valence-corrected chi connectivity index (χ3v) is 14.2. The number of epoxide rings is 1. The topological polar surface area (TPSA) is 193 Å². The summed E-state index contributed by atoms with van der Waals surface area (Å²) >= 11 is 0. The first-order valence-electron chi connectivity index (χ1n) is 17.5. The molecular formula is C34H54O12S. The molecule has 2 heterocycles. The molecule has 0 aromatic heterocycles. The zero-order chi connectivity index (χ0) is 34.4. The Hall–Kier alpha value is -1.16. The van der Waals surface area contributed by atoms with Crippen LogP contribution in [0, 0.1) is 52.3 Å². The van der Waals surface area contributed by atoms with Crippen molar-refractivity contribution in [2.45, 2.75) is 142 Å². The lowest BCUT2D eigenvalue weighted by Gasteiger charge is -2.59. The van der Waals surface area contributed by atoms with Crippen LogP contribution in [0.25, 0.3) is 0 Å². The predicted molar refractivity (Wildman–Crippen MR) is 168 cm³/mol. The highest BCUT2D eigenvalue weighted by molar-refractivity contribution is 7.80. The van der Waals surface area contributed by atoms with E-state index in [0.717, 1.165) is 19.3 Å². The van der Waals surface area contributed by atoms with Gasteiger partial charge in [0.2, 0.25) is 0 Å². The zero-order valence-corrected chi connectivity index (χ0v) is 29.1. The lowest BCUT2D eigenvalue weighted by atomic mass is 9.47. The first kappa shape index (κ1) is 35.7. The molecule has 6 rings (SSSR count). The van der Waals surface area contributed by atoms with Crippen molar-refractivity contribution in [1.29, 1.82) is 0 Å². The van der Waals surface area contributed by atoms with Gasteiger partial charge in [-0.2, -0.15) is 8.42 Å². The first-order chi connectivity index (χ1) is 21.9. The Kier molecular flexibility index (Phi) is 9.53. The van der Waals surface area contributed by atoms with Gasteiger partial charge in [-0.05, 0) is 97.2 Å². The molecule has 2 saturated heterocycles. The molecule has 5 fully saturated rings. The molecule has 2 aliphatic heterocycles. The molecule has 4 aliphatic carbocycles. The van der Waals surface area contributed by atoms with Crippen LogP contribution < -0.4 is 0 Å². The van der Waals surface area contributed by atoms with Gasteiger partial charge in [-0.15, -0.1) is 0 Å². The lowest BCUT2D eigenvalue weighted by Crippen LogP contribution is -2.61. The zero-order valence-electron chi connectivity index (χ0n) is 28.3. The predicted octanol–water partition coefficient (Wildman–Crippen LogP) is 3.34. The van der Waals surface area contributed by atoms with Crippen molar-refractivity contribution in [2.24, 2.45) is 52.3 Å². The minimum Gasteiger partial charge on any atom is -0.479 e. The Balaban J connectivity index is 1.23. The maximum absolute atomic E-state index is 12.2. The minimum atomic E-state index is -4.78. The number of aliphatic hydroxyl groups excluding tert-OH is 3. The molecule has 0 spiro atoms. The van der Waals surface area contributed by atoms with E-state index in [2.05, 4.69) is 47.6 Å². The summed E-state index contributed by atoms with van der Waals surface area (Å²) < 4.78 is 57.5. The van der Waals surface area contributed by atoms with Crippen LogP contribution in [0.1, 0.15) is 86.5 Å². The van der Waals surface area contributed by atoms with Crippen molar-refractivity contribution < 1.29 is 56.6 Å². The molecule has 17 unspecified atom stereocenters. The standard InChI is InChI=1S/C34H54O12S/c1-15(2)16(3)28-29(44-28)17(4)20-7-8-21-19-14-24(46-47(40,41)42)23-13-18(9-11-34(23,6)22(19)10-12-33(20,21)5)43-32-27(37)25(35)26(36)30(45-32)31(38)39/h10,15-21,23-30,32,35-37H,7-9,11-14H2,1-6H3,(H,38,39)(H,40,41,42). The molecule has 0 bridgehead atoms. The van der Waals surface area contributed by atoms with Crippen LogP contribution in [0.4, 0.5) is 0 Å². The van der Waals surface area contributed by atoms with Crippen molar-refractivity contribution in [3.8, 4) is 0 Å². The molecule has 13 heteroatoms. The van der Waals surface area contributed by atoms with E-state index in [1.165, 1.54) is 5.57 Å². The minimum absolute atomic E-state index is 0.0256. The number of hydrogen-bond acceptors (Lipinski definition) is 10. The third-order valence-electron chi connectivity index (χ3n) is 13.7. The van der Waals surface area contributed by atoms with Crippen LogP contribution in [-0.4, -0.2) is 94.5 Å². The quantitative estimate of drug-likeness (QED) is 0.103. The number of aliphatic hydroxyl groups is 3. The molecule has 3 saturated carbocycles. The molecular weight excluding hydrogens is 632 g/mol. The van der Waals surface area contributed by atoms with Gasteiger partial charge in [0.25, 0.3) is 0 Å². The second-order valence-corrected chi connectivity index (χ2v) is 17.4. The molecule has 47 heavy (non-hydrogen) atoms. The summed E-state index contributed by atoms with van der Waals surface area (Å²) in [6.45, 7) is 13.6. The van der Waals surface area contributed by atoms with Crippen LogP contribution in [-0.2, 0) is 33.6 Å². The molecule has 0 aromatic carbocycles. The number of rotatable bonds is 9. The summed E-state index contributed by atoms with van der Waals surface area (Å²) in [5, 5.41) is 40.4. The van der Waals surface area contributed by atoms with E-state index in [4.69, 9.17) is 18.4 Å². The van der Waals surface area contributed by atoms with E-state index in [0.29, 0.717) is 61.4 Å². The monoisotopic (exact) mass is 686 g/mol. The van der Waals surface area contributed by atoms with Gasteiger partial charge in [0.15, 0.2) is 12.4 Å². The maximum Gasteiger partial charge on any atom is 0.397 e. The molecule has 0 radical (unpaired) electrons. The average Bonchev–Trinajstić information content (AvgIpc) is 3.70. The SMILES string of the molecule is CC(C)C(C)C1OC1C(C)C1CCC2C3CC(OS(=O)(=O)O)C4CC(OC5OC(C(=O)O)C(O)C(O)C5O)CCC4(C)C3=CCC21C. The van der Waals surface area contributed by atoms with Gasteiger partial charge in [-0.3, -0.25) is 4.55 Å². The molecule has 17 atom stereocenters. The van der Waals surface area contributed by atoms with Gasteiger partial charge in [0.1, 0.15) is 18.3 Å². The summed E-state index contributed by atoms with van der Waals surface area (Å²) in [6.07, 6.45) is -2.13. The number of ether oxygens (including phenoxy) is 3. The summed E-state index contributed by atoms with van der Waals surface area (Å²) in [4.78, 5) is 11.6. The average molecular weight is 687 g/mol. The highest BCUT2D eigenvalue weighted by atomic mass is 32.3. The smallest absolute Gasteiger partial charge is 0.397 e. The van der Waals surface area contributed by atoms with Crippen LogP contribution in [0.5, 0.6) is 0 Å². The largest absolute Gasteiger partial charge is 0.479 e. The number of aliphatic carboxylic acids is 1. The van der Waals surface area contributed by atoms with Crippen molar-refractivity contribution in [3.63, 3.8) is 0 Å². The molecule has 5 N–H and O–H groups in total. The second kappa shape index (κ2) is 12.6. The fourth-order valence-corrected chi connectivity index (χ4v) is 11.3. The summed E-state index contributed by atoms with van der Waals surface area (Å²) in [5.74, 6) is 0.509. The summed E-state index contributed by atoms with van der Waals surface area (Å²) in [5.41, 5.74) is 0.906. The van der Waals surface area contributed by atoms with Gasteiger partial charge >= 0.3 is 16.4 Å². The fraction of sp³-hybridized carbons (Fsp3) is 0.912. The number of carboxylic acids is 1. The number of allylic oxidation sites excluding steroid dienone is 2. The van der Waals surface area contributed by atoms with E-state index in [1.54, 1.807) is 0 Å². The Morgan fingerprint density at radius 1 is 0.957 bits per heavy atom. The van der Waals surface area contributed by atoms with Gasteiger partial charge in [0, 0.05) is 0 Å². The summed E-state index contributed by atoms with van der Waals surface area (Å²) in [7, 11) is -4.78. The molecule has 12 nitrogen and oxygen atoms in total. The first-order valence-corrected chi connectivity index (χ1v) is 18.8. The fourth-order valence-electron chi connectivity index (χ4n) is 10.7. The van der Waals surface area contributed by atoms with Crippen molar-refractivity contribution >= 4 is 16.4 Å². The Bertz CT molecular complexity index is 1340. The van der Waals surface area contributed by atoms with Gasteiger partial charge < -0.3 is 34.6 Å². The molecule has 6 aliphatic rings. The van der Waals surface area contributed by atoms with Crippen LogP contribution >= 0.6 is 0 Å². The van der Waals surface area contributed by atoms with E-state index in [-0.39, 0.29) is 23.4 Å². The lowest BCUT2D eigenvalue weighted by molar-refractivity contribution is -0.309. The van der Waals surface area contributed by atoms with Gasteiger partial charge in [-0.25, -0.2) is 8.98 Å². The second-order valence-electron chi connectivity index (χ2n) is 16.4. The van der Waals surface area contributed by atoms with Gasteiger partial charge in [0.05, 0.1) is 24.4 Å². The molecule has 0 amide bonds. The van der Waals surface area contributed by atoms with E-state index < -0.39 is 64.7 Å². The number of carboxylic acid groups (broad SMARTS) is 1. The van der Waals surface area contributed by atoms with Crippen molar-refractivity contribution in [1.82, 2.24) is 0 Å².